The van der Waals surface area contributed by atoms with E-state index in [1.165, 1.54) is 12.3 Å². The van der Waals surface area contributed by atoms with Gasteiger partial charge in [-0.05, 0) is 37.5 Å². The summed E-state index contributed by atoms with van der Waals surface area (Å²) in [5.74, 6) is -2.13. The van der Waals surface area contributed by atoms with Crippen molar-refractivity contribution in [2.45, 2.75) is 71.5 Å². The van der Waals surface area contributed by atoms with Gasteiger partial charge in [0.1, 0.15) is 0 Å². The Morgan fingerprint density at radius 2 is 1.66 bits per heavy atom. The van der Waals surface area contributed by atoms with Gasteiger partial charge in [0.25, 0.3) is 18.1 Å². The van der Waals surface area contributed by atoms with Crippen molar-refractivity contribution >= 4 is 51.8 Å². The van der Waals surface area contributed by atoms with E-state index in [0.29, 0.717) is 54.0 Å². The monoisotopic (exact) mass is 614 g/mol. The molecule has 0 radical (unpaired) electrons. The summed E-state index contributed by atoms with van der Waals surface area (Å²) in [6.45, 7) is 3.95. The quantitative estimate of drug-likeness (QED) is 0.0852. The van der Waals surface area contributed by atoms with E-state index in [1.54, 1.807) is 26.0 Å². The lowest BCUT2D eigenvalue weighted by Crippen LogP contribution is -2.36. The Kier molecular flexibility index (Phi) is 10.9. The molecule has 1 aromatic carbocycles. The molecule has 14 heteroatoms. The lowest BCUT2D eigenvalue weighted by molar-refractivity contribution is -0.199. The van der Waals surface area contributed by atoms with Crippen LogP contribution in [-0.4, -0.2) is 54.4 Å². The minimum Gasteiger partial charge on any atom is -0.486 e. The number of hydroxylamine groups is 2. The number of ether oxygens (including phenoxy) is 3. The van der Waals surface area contributed by atoms with Crippen LogP contribution in [0.3, 0.4) is 0 Å². The van der Waals surface area contributed by atoms with Crippen molar-refractivity contribution in [3.63, 3.8) is 0 Å². The van der Waals surface area contributed by atoms with Crippen molar-refractivity contribution in [3.8, 4) is 5.75 Å². The minimum absolute atomic E-state index is 0.0570. The maximum Gasteiger partial charge on any atom is 0.537 e. The molecule has 3 amide bonds. The lowest BCUT2D eigenvalue weighted by atomic mass is 10.1. The van der Waals surface area contributed by atoms with Gasteiger partial charge in [0.05, 0.1) is 12.9 Å². The summed E-state index contributed by atoms with van der Waals surface area (Å²) in [4.78, 5) is 76.0. The molecule has 2 aromatic heterocycles. The lowest BCUT2D eigenvalue weighted by Gasteiger charge is -2.22. The molecule has 1 aliphatic heterocycles. The van der Waals surface area contributed by atoms with Crippen LogP contribution in [0.1, 0.15) is 65.2 Å². The largest absolute Gasteiger partial charge is 0.537 e. The molecule has 3 heterocycles. The third-order valence-corrected chi connectivity index (χ3v) is 6.63. The molecule has 1 N–H and O–H groups in total. The molecule has 1 saturated heterocycles. The molecule has 0 aliphatic carbocycles. The number of rotatable bonds is 15. The molecule has 3 aromatic rings. The Bertz CT molecular complexity index is 1560. The fraction of sp³-hybridized carbons (Fsp3) is 0.467. The highest BCUT2D eigenvalue weighted by atomic mass is 16.9. The third-order valence-electron chi connectivity index (χ3n) is 6.63. The number of carbonyl (C=O) groups excluding carboxylic acids is 5. The van der Waals surface area contributed by atoms with Crippen molar-refractivity contribution in [2.75, 3.05) is 13.2 Å². The average Bonchev–Trinajstić information content (AvgIpc) is 3.58. The molecule has 14 nitrogen and oxygen atoms in total. The highest BCUT2D eigenvalue weighted by molar-refractivity contribution is 6.01. The Labute approximate surface area is 251 Å². The van der Waals surface area contributed by atoms with E-state index in [0.717, 1.165) is 5.39 Å². The Balaban J connectivity index is 1.09. The van der Waals surface area contributed by atoms with Gasteiger partial charge in [-0.3, -0.25) is 24.0 Å². The molecule has 0 spiro atoms. The van der Waals surface area contributed by atoms with Crippen molar-refractivity contribution in [1.82, 2.24) is 10.4 Å². The Morgan fingerprint density at radius 3 is 2.41 bits per heavy atom. The predicted molar refractivity (Wildman–Crippen MR) is 152 cm³/mol. The van der Waals surface area contributed by atoms with Crippen molar-refractivity contribution < 1.29 is 51.9 Å². The van der Waals surface area contributed by atoms with E-state index in [-0.39, 0.29) is 43.8 Å². The van der Waals surface area contributed by atoms with Crippen LogP contribution in [0.2, 0.25) is 0 Å². The van der Waals surface area contributed by atoms with Crippen molar-refractivity contribution in [3.05, 3.63) is 40.9 Å². The second kappa shape index (κ2) is 15.0. The molecular weight excluding hydrogens is 580 g/mol. The Morgan fingerprint density at radius 1 is 0.909 bits per heavy atom. The van der Waals surface area contributed by atoms with E-state index in [4.69, 9.17) is 23.0 Å². The van der Waals surface area contributed by atoms with Crippen LogP contribution in [0.15, 0.2) is 44.2 Å². The van der Waals surface area contributed by atoms with Gasteiger partial charge in [-0.1, -0.05) is 25.3 Å². The summed E-state index contributed by atoms with van der Waals surface area (Å²) < 4.78 is 26.9. The summed E-state index contributed by atoms with van der Waals surface area (Å²) in [6.07, 6.45) is 1.29. The number of esters is 1. The highest BCUT2D eigenvalue weighted by Crippen LogP contribution is 2.35. The van der Waals surface area contributed by atoms with Crippen LogP contribution < -0.4 is 15.7 Å². The van der Waals surface area contributed by atoms with E-state index in [2.05, 4.69) is 10.2 Å². The van der Waals surface area contributed by atoms with Crippen LogP contribution in [0.25, 0.3) is 21.9 Å². The van der Waals surface area contributed by atoms with Crippen LogP contribution >= 0.6 is 0 Å². The molecular formula is C30H34N2O12. The van der Waals surface area contributed by atoms with E-state index < -0.39 is 41.8 Å². The Hall–Kier alpha value is -4.88. The number of nitrogens with one attached hydrogen (secondary N) is 1. The van der Waals surface area contributed by atoms with Crippen LogP contribution in [0.5, 0.6) is 5.75 Å². The minimum atomic E-state index is -1.32. The number of hydrogen-bond acceptors (Lipinski definition) is 12. The standard InChI is InChI=1S/C30H34N2O12/c1-18(2)29(43-30(38)44-32-22(34)10-11-23(32)35)42-24(36)8-4-3-5-14-31-21(33)7-6-15-39-28-26-20(13-16-40-26)17-19-9-12-25(37)41-27(19)28/h9,12-13,16-18,29H,3-8,10-11,14-15H2,1-2H3,(H,31,33). The van der Waals surface area contributed by atoms with Gasteiger partial charge < -0.3 is 28.4 Å². The summed E-state index contributed by atoms with van der Waals surface area (Å²) in [5, 5.41) is 4.67. The average molecular weight is 615 g/mol. The fourth-order valence-corrected chi connectivity index (χ4v) is 4.36. The van der Waals surface area contributed by atoms with Crippen LogP contribution in [0, 0.1) is 5.92 Å². The molecule has 4 rings (SSSR count). The summed E-state index contributed by atoms with van der Waals surface area (Å²) in [5.41, 5.74) is 0.242. The van der Waals surface area contributed by atoms with E-state index in [9.17, 15) is 28.8 Å². The summed E-state index contributed by atoms with van der Waals surface area (Å²) in [6, 6.07) is 6.60. The molecule has 1 fully saturated rings. The first kappa shape index (κ1) is 32.0. The first-order valence-electron chi connectivity index (χ1n) is 14.4. The van der Waals surface area contributed by atoms with Gasteiger partial charge in [-0.15, -0.1) is 0 Å². The van der Waals surface area contributed by atoms with Gasteiger partial charge in [0.15, 0.2) is 11.2 Å². The number of carbonyl (C=O) groups is 5. The predicted octanol–water partition coefficient (Wildman–Crippen LogP) is 4.12. The molecule has 1 atom stereocenters. The molecule has 1 aliphatic rings. The topological polar surface area (TPSA) is 181 Å². The number of nitrogens with zero attached hydrogens (tertiary/aromatic N) is 1. The van der Waals surface area contributed by atoms with Crippen LogP contribution in [-0.2, 0) is 33.5 Å². The number of unbranched alkanes of at least 4 members (excludes halogenated alkanes) is 2. The highest BCUT2D eigenvalue weighted by Gasteiger charge is 2.35. The molecule has 1 unspecified atom stereocenters. The van der Waals surface area contributed by atoms with Gasteiger partial charge in [0.2, 0.25) is 11.7 Å². The maximum atomic E-state index is 12.2. The van der Waals surface area contributed by atoms with Gasteiger partial charge in [-0.2, -0.15) is 0 Å². The summed E-state index contributed by atoms with van der Waals surface area (Å²) >= 11 is 0. The van der Waals surface area contributed by atoms with E-state index in [1.807, 2.05) is 6.07 Å². The summed E-state index contributed by atoms with van der Waals surface area (Å²) in [7, 11) is 0. The van der Waals surface area contributed by atoms with E-state index >= 15 is 0 Å². The second-order valence-electron chi connectivity index (χ2n) is 10.5. The molecule has 44 heavy (non-hydrogen) atoms. The number of furan rings is 1. The molecule has 0 bridgehead atoms. The number of fused-ring (bicyclic) bond motifs is 2. The first-order valence-corrected chi connectivity index (χ1v) is 14.4. The molecule has 0 saturated carbocycles. The van der Waals surface area contributed by atoms with Crippen molar-refractivity contribution in [2.24, 2.45) is 5.92 Å². The first-order chi connectivity index (χ1) is 21.1. The maximum absolute atomic E-state index is 12.2. The number of amides is 3. The normalized spacial score (nSPS) is 13.8. The fourth-order valence-electron chi connectivity index (χ4n) is 4.36. The zero-order valence-corrected chi connectivity index (χ0v) is 24.5. The zero-order valence-electron chi connectivity index (χ0n) is 24.5. The number of hydrogen-bond donors (Lipinski definition) is 1. The van der Waals surface area contributed by atoms with Gasteiger partial charge in [-0.25, -0.2) is 9.59 Å². The van der Waals surface area contributed by atoms with Crippen molar-refractivity contribution in [1.29, 1.82) is 0 Å². The SMILES string of the molecule is CC(C)C(OC(=O)CCCCCNC(=O)CCCOc1c2occc2cc2ccc(=O)oc12)OC(=O)ON1C(=O)CCC1=O. The van der Waals surface area contributed by atoms with Gasteiger partial charge >= 0.3 is 17.8 Å². The number of imide groups is 1. The smallest absolute Gasteiger partial charge is 0.486 e. The zero-order chi connectivity index (χ0) is 31.6. The molecule has 236 valence electrons. The second-order valence-corrected chi connectivity index (χ2v) is 10.5. The third kappa shape index (κ3) is 8.58. The van der Waals surface area contributed by atoms with Crippen LogP contribution in [0.4, 0.5) is 4.79 Å². The van der Waals surface area contributed by atoms with Gasteiger partial charge in [0, 0.05) is 55.0 Å². The number of benzene rings is 1.